The molecule has 1 unspecified atom stereocenters. The van der Waals surface area contributed by atoms with Gasteiger partial charge in [0.05, 0.1) is 24.9 Å². The molecule has 0 bridgehead atoms. The number of methoxy groups -OCH3 is 1. The van der Waals surface area contributed by atoms with Crippen LogP contribution in [0.2, 0.25) is 5.02 Å². The zero-order valence-corrected chi connectivity index (χ0v) is 19.8. The van der Waals surface area contributed by atoms with Crippen LogP contribution in [0.5, 0.6) is 17.2 Å². The number of piperidine rings is 1. The van der Waals surface area contributed by atoms with Crippen molar-refractivity contribution in [2.75, 3.05) is 44.8 Å². The highest BCUT2D eigenvalue weighted by Crippen LogP contribution is 2.43. The van der Waals surface area contributed by atoms with E-state index in [0.29, 0.717) is 24.5 Å². The average molecular weight is 489 g/mol. The smallest absolute Gasteiger partial charge is 0.343 e. The standard InChI is InChI=1S/C25H29ClN2O6/c1-32-24(31)15-33-23-5-3-18(29)11-19(23)28-13-20(21(30)14-28)27-8-6-25(7-9-27)12-16-10-17(26)2-4-22(16)34-25/h2-5,10-11,20-21,29-30H,6-9,12-15H2,1H3/t20?,21-/m1/s1. The highest BCUT2D eigenvalue weighted by molar-refractivity contribution is 6.30. The number of aliphatic hydroxyl groups is 1. The quantitative estimate of drug-likeness (QED) is 0.621. The number of esters is 1. The third-order valence-electron chi connectivity index (χ3n) is 7.16. The lowest BCUT2D eigenvalue weighted by atomic mass is 9.86. The molecule has 182 valence electrons. The van der Waals surface area contributed by atoms with E-state index in [-0.39, 0.29) is 24.0 Å². The van der Waals surface area contributed by atoms with E-state index in [0.717, 1.165) is 48.7 Å². The van der Waals surface area contributed by atoms with Gasteiger partial charge in [0.15, 0.2) is 6.61 Å². The third-order valence-corrected chi connectivity index (χ3v) is 7.39. The van der Waals surface area contributed by atoms with Crippen LogP contribution in [0, 0.1) is 0 Å². The Morgan fingerprint density at radius 2 is 2.00 bits per heavy atom. The van der Waals surface area contributed by atoms with Crippen LogP contribution < -0.4 is 14.4 Å². The number of carbonyl (C=O) groups excluding carboxylic acids is 1. The normalized spacial score (nSPS) is 23.6. The van der Waals surface area contributed by atoms with Crippen molar-refractivity contribution in [3.05, 3.63) is 47.0 Å². The minimum absolute atomic E-state index is 0.0496. The van der Waals surface area contributed by atoms with Gasteiger partial charge in [-0.05, 0) is 35.9 Å². The Kier molecular flexibility index (Phi) is 6.22. The van der Waals surface area contributed by atoms with Crippen molar-refractivity contribution < 1.29 is 29.2 Å². The van der Waals surface area contributed by atoms with Crippen molar-refractivity contribution in [2.45, 2.75) is 37.0 Å². The summed E-state index contributed by atoms with van der Waals surface area (Å²) in [5, 5.41) is 21.7. The predicted octanol–water partition coefficient (Wildman–Crippen LogP) is 2.62. The fourth-order valence-corrected chi connectivity index (χ4v) is 5.53. The van der Waals surface area contributed by atoms with Gasteiger partial charge >= 0.3 is 5.97 Å². The van der Waals surface area contributed by atoms with Gasteiger partial charge in [0.25, 0.3) is 0 Å². The molecule has 3 aliphatic heterocycles. The van der Waals surface area contributed by atoms with Crippen molar-refractivity contribution in [1.29, 1.82) is 0 Å². The van der Waals surface area contributed by atoms with Gasteiger partial charge in [-0.15, -0.1) is 0 Å². The van der Waals surface area contributed by atoms with Gasteiger partial charge in [-0.25, -0.2) is 4.79 Å². The summed E-state index contributed by atoms with van der Waals surface area (Å²) < 4.78 is 16.6. The molecule has 2 atom stereocenters. The summed E-state index contributed by atoms with van der Waals surface area (Å²) in [6.45, 7) is 2.41. The summed E-state index contributed by atoms with van der Waals surface area (Å²) >= 11 is 6.16. The van der Waals surface area contributed by atoms with Crippen LogP contribution in [0.3, 0.4) is 0 Å². The molecular weight excluding hydrogens is 460 g/mol. The maximum atomic E-state index is 11.5. The van der Waals surface area contributed by atoms with Gasteiger partial charge in [-0.1, -0.05) is 11.6 Å². The number of rotatable bonds is 5. The Hall–Kier alpha value is -2.68. The van der Waals surface area contributed by atoms with E-state index in [1.165, 1.54) is 13.2 Å². The van der Waals surface area contributed by atoms with Crippen LogP contribution in [0.25, 0.3) is 0 Å². The number of ether oxygens (including phenoxy) is 3. The van der Waals surface area contributed by atoms with Crippen LogP contribution in [-0.4, -0.2) is 78.7 Å². The molecule has 3 heterocycles. The number of fused-ring (bicyclic) bond motifs is 1. The fourth-order valence-electron chi connectivity index (χ4n) is 5.34. The number of phenolic OH excluding ortho intramolecular Hbond substituents is 1. The molecule has 2 fully saturated rings. The van der Waals surface area contributed by atoms with Gasteiger partial charge < -0.3 is 29.3 Å². The number of β-amino-alcohol motifs (C(OH)–C–C–N with tert-alkyl or cyclic N) is 1. The molecule has 34 heavy (non-hydrogen) atoms. The van der Waals surface area contributed by atoms with Crippen LogP contribution in [-0.2, 0) is 16.0 Å². The Morgan fingerprint density at radius 1 is 1.21 bits per heavy atom. The number of likely N-dealkylation sites (tertiary alicyclic amines) is 1. The van der Waals surface area contributed by atoms with E-state index in [1.807, 2.05) is 23.1 Å². The zero-order chi connectivity index (χ0) is 23.9. The van der Waals surface area contributed by atoms with Crippen molar-refractivity contribution in [1.82, 2.24) is 4.90 Å². The molecule has 2 N–H and O–H groups in total. The van der Waals surface area contributed by atoms with Gasteiger partial charge in [0.2, 0.25) is 0 Å². The molecule has 2 aromatic carbocycles. The molecule has 1 spiro atoms. The predicted molar refractivity (Wildman–Crippen MR) is 127 cm³/mol. The van der Waals surface area contributed by atoms with E-state index in [9.17, 15) is 15.0 Å². The summed E-state index contributed by atoms with van der Waals surface area (Å²) in [6.07, 6.45) is 2.07. The average Bonchev–Trinajstić information content (AvgIpc) is 3.38. The van der Waals surface area contributed by atoms with Crippen molar-refractivity contribution in [3.8, 4) is 17.2 Å². The second-order valence-electron chi connectivity index (χ2n) is 9.31. The number of carbonyl (C=O) groups is 1. The number of nitrogens with zero attached hydrogens (tertiary/aromatic N) is 2. The molecule has 2 aromatic rings. The Balaban J connectivity index is 1.24. The molecule has 0 saturated carbocycles. The van der Waals surface area contributed by atoms with E-state index in [2.05, 4.69) is 9.64 Å². The number of aromatic hydroxyl groups is 1. The summed E-state index contributed by atoms with van der Waals surface area (Å²) in [7, 11) is 1.30. The fraction of sp³-hybridized carbons (Fsp3) is 0.480. The lowest BCUT2D eigenvalue weighted by molar-refractivity contribution is -0.142. The van der Waals surface area contributed by atoms with Gasteiger partial charge in [-0.2, -0.15) is 0 Å². The zero-order valence-electron chi connectivity index (χ0n) is 19.1. The summed E-state index contributed by atoms with van der Waals surface area (Å²) in [6, 6.07) is 10.5. The summed E-state index contributed by atoms with van der Waals surface area (Å²) in [5.41, 5.74) is 1.61. The first-order chi connectivity index (χ1) is 16.4. The largest absolute Gasteiger partial charge is 0.508 e. The number of halogens is 1. The van der Waals surface area contributed by atoms with Crippen LogP contribution in [0.1, 0.15) is 18.4 Å². The van der Waals surface area contributed by atoms with Crippen molar-refractivity contribution >= 4 is 23.3 Å². The molecule has 3 aliphatic rings. The van der Waals surface area contributed by atoms with E-state index >= 15 is 0 Å². The lowest BCUT2D eigenvalue weighted by Gasteiger charge is -2.41. The molecule has 0 aliphatic carbocycles. The summed E-state index contributed by atoms with van der Waals surface area (Å²) in [5.74, 6) is 0.994. The van der Waals surface area contributed by atoms with Crippen LogP contribution in [0.4, 0.5) is 5.69 Å². The lowest BCUT2D eigenvalue weighted by Crippen LogP contribution is -2.53. The first kappa shape index (κ1) is 23.1. The molecule has 8 nitrogen and oxygen atoms in total. The van der Waals surface area contributed by atoms with Crippen LogP contribution in [0.15, 0.2) is 36.4 Å². The number of benzene rings is 2. The molecule has 0 aromatic heterocycles. The molecule has 0 radical (unpaired) electrons. The highest BCUT2D eigenvalue weighted by Gasteiger charge is 2.45. The third kappa shape index (κ3) is 4.50. The van der Waals surface area contributed by atoms with E-state index in [1.54, 1.807) is 12.1 Å². The van der Waals surface area contributed by atoms with Gasteiger partial charge in [-0.3, -0.25) is 4.90 Å². The van der Waals surface area contributed by atoms with Gasteiger partial charge in [0, 0.05) is 56.5 Å². The number of hydrogen-bond acceptors (Lipinski definition) is 8. The number of anilines is 1. The molecule has 9 heteroatoms. The van der Waals surface area contributed by atoms with Crippen molar-refractivity contribution in [2.24, 2.45) is 0 Å². The number of aliphatic hydroxyl groups excluding tert-OH is 1. The minimum Gasteiger partial charge on any atom is -0.508 e. The Bertz CT molecular complexity index is 1070. The molecule has 2 saturated heterocycles. The first-order valence-electron chi connectivity index (χ1n) is 11.5. The van der Waals surface area contributed by atoms with Crippen molar-refractivity contribution in [3.63, 3.8) is 0 Å². The maximum Gasteiger partial charge on any atom is 0.343 e. The molecule has 5 rings (SSSR count). The highest BCUT2D eigenvalue weighted by atomic mass is 35.5. The molecular formula is C25H29ClN2O6. The van der Waals surface area contributed by atoms with E-state index < -0.39 is 12.1 Å². The van der Waals surface area contributed by atoms with Gasteiger partial charge in [0.1, 0.15) is 22.8 Å². The monoisotopic (exact) mass is 488 g/mol. The Morgan fingerprint density at radius 3 is 2.76 bits per heavy atom. The number of phenols is 1. The van der Waals surface area contributed by atoms with Crippen LogP contribution >= 0.6 is 11.6 Å². The first-order valence-corrected chi connectivity index (χ1v) is 11.9. The second kappa shape index (κ2) is 9.17. The number of hydrogen-bond donors (Lipinski definition) is 2. The SMILES string of the molecule is COC(=O)COc1ccc(O)cc1N1CC(N2CCC3(CC2)Cc2cc(Cl)ccc2O3)[C@H](O)C1. The van der Waals surface area contributed by atoms with E-state index in [4.69, 9.17) is 21.1 Å². The summed E-state index contributed by atoms with van der Waals surface area (Å²) in [4.78, 5) is 15.8. The maximum absolute atomic E-state index is 11.5. The Labute approximate surface area is 203 Å². The molecule has 0 amide bonds. The second-order valence-corrected chi connectivity index (χ2v) is 9.74. The minimum atomic E-state index is -0.551. The topological polar surface area (TPSA) is 91.7 Å².